The van der Waals surface area contributed by atoms with Crippen LogP contribution in [0.1, 0.15) is 22.5 Å². The third kappa shape index (κ3) is 4.22. The zero-order chi connectivity index (χ0) is 33.1. The van der Waals surface area contributed by atoms with Crippen LogP contribution < -0.4 is 0 Å². The van der Waals surface area contributed by atoms with Gasteiger partial charge in [-0.25, -0.2) is 15.0 Å². The maximum atomic E-state index is 6.54. The van der Waals surface area contributed by atoms with Gasteiger partial charge in [-0.2, -0.15) is 0 Å². The maximum absolute atomic E-state index is 6.54. The number of hydrogen-bond donors (Lipinski definition) is 0. The van der Waals surface area contributed by atoms with Crippen LogP contribution in [0.2, 0.25) is 0 Å². The summed E-state index contributed by atoms with van der Waals surface area (Å²) >= 11 is 0. The molecule has 7 aromatic carbocycles. The Kier molecular flexibility index (Phi) is 6.36. The van der Waals surface area contributed by atoms with E-state index >= 15 is 0 Å². The predicted molar refractivity (Wildman–Crippen MR) is 201 cm³/mol. The fourth-order valence-corrected chi connectivity index (χ4v) is 7.78. The fraction of sp³-hybridized carbons (Fsp3) is 0.0217. The summed E-state index contributed by atoms with van der Waals surface area (Å²) in [5.74, 6) is 1.84. The van der Waals surface area contributed by atoms with Crippen LogP contribution in [-0.2, 0) is 5.41 Å². The van der Waals surface area contributed by atoms with Crippen LogP contribution >= 0.6 is 0 Å². The van der Waals surface area contributed by atoms with Gasteiger partial charge >= 0.3 is 0 Å². The van der Waals surface area contributed by atoms with E-state index in [-0.39, 0.29) is 0 Å². The van der Waals surface area contributed by atoms with Gasteiger partial charge in [-0.15, -0.1) is 0 Å². The van der Waals surface area contributed by atoms with Crippen LogP contribution in [0.3, 0.4) is 0 Å². The van der Waals surface area contributed by atoms with E-state index in [1.807, 2.05) is 36.4 Å². The number of hydrogen-bond acceptors (Lipinski definition) is 4. The summed E-state index contributed by atoms with van der Waals surface area (Å²) in [6, 6.07) is 61.3. The van der Waals surface area contributed by atoms with Crippen LogP contribution in [0.5, 0.6) is 0 Å². The van der Waals surface area contributed by atoms with Crippen molar-refractivity contribution in [3.05, 3.63) is 198 Å². The topological polar surface area (TPSA) is 51.8 Å². The number of rotatable bonds is 5. The van der Waals surface area contributed by atoms with E-state index in [2.05, 4.69) is 140 Å². The molecule has 0 radical (unpaired) electrons. The van der Waals surface area contributed by atoms with Gasteiger partial charge in [0.05, 0.1) is 5.56 Å². The average molecular weight is 640 g/mol. The number of fused-ring (bicyclic) bond motifs is 6. The summed E-state index contributed by atoms with van der Waals surface area (Å²) in [6.45, 7) is 0. The number of nitrogens with zero attached hydrogens (tertiary/aromatic N) is 3. The lowest BCUT2D eigenvalue weighted by atomic mass is 9.71. The second-order valence-electron chi connectivity index (χ2n) is 12.7. The monoisotopic (exact) mass is 639 g/mol. The van der Waals surface area contributed by atoms with Gasteiger partial charge in [0.25, 0.3) is 0 Å². The number of aromatic nitrogens is 3. The Morgan fingerprint density at radius 3 is 1.72 bits per heavy atom. The Morgan fingerprint density at radius 1 is 0.400 bits per heavy atom. The molecule has 0 amide bonds. The Labute approximate surface area is 289 Å². The van der Waals surface area contributed by atoms with Crippen molar-refractivity contribution in [1.82, 2.24) is 15.0 Å². The van der Waals surface area contributed by atoms with Crippen molar-refractivity contribution < 1.29 is 4.42 Å². The molecule has 234 valence electrons. The van der Waals surface area contributed by atoms with Gasteiger partial charge in [0, 0.05) is 16.3 Å². The second kappa shape index (κ2) is 11.2. The predicted octanol–water partition coefficient (Wildman–Crippen LogP) is 11.1. The van der Waals surface area contributed by atoms with Gasteiger partial charge in [-0.1, -0.05) is 158 Å². The molecule has 2 aromatic heterocycles. The van der Waals surface area contributed by atoms with Crippen LogP contribution in [0.25, 0.3) is 67.0 Å². The molecule has 9 aromatic rings. The highest BCUT2D eigenvalue weighted by atomic mass is 16.3. The van der Waals surface area contributed by atoms with Crippen molar-refractivity contribution in [3.63, 3.8) is 0 Å². The molecule has 0 unspecified atom stereocenters. The zero-order valence-electron chi connectivity index (χ0n) is 27.0. The van der Waals surface area contributed by atoms with E-state index < -0.39 is 5.41 Å². The van der Waals surface area contributed by atoms with Gasteiger partial charge in [-0.05, 0) is 57.1 Å². The minimum absolute atomic E-state index is 0.568. The normalized spacial score (nSPS) is 13.0. The standard InChI is InChI=1S/C46H29N3O/c1-3-15-30(16-4-1)32-19-13-20-33(29-32)46(39-26-10-7-21-34(39)35-22-8-11-27-40(35)46)45-48-43(31-17-5-2-6-18-31)47-44(49-45)38-25-14-24-37-36-23-9-12-28-41(36)50-42(37)38/h1-29H. The number of furan rings is 1. The van der Waals surface area contributed by atoms with Gasteiger partial charge in [-0.3, -0.25) is 0 Å². The first kappa shape index (κ1) is 28.4. The number of para-hydroxylation sites is 2. The van der Waals surface area contributed by atoms with E-state index in [1.54, 1.807) is 0 Å². The first-order chi connectivity index (χ1) is 24.8. The summed E-state index contributed by atoms with van der Waals surface area (Å²) < 4.78 is 6.54. The van der Waals surface area contributed by atoms with E-state index in [4.69, 9.17) is 19.4 Å². The van der Waals surface area contributed by atoms with Crippen LogP contribution in [-0.4, -0.2) is 15.0 Å². The summed E-state index contributed by atoms with van der Waals surface area (Å²) in [6.07, 6.45) is 0. The van der Waals surface area contributed by atoms with Crippen molar-refractivity contribution in [2.45, 2.75) is 5.41 Å². The van der Waals surface area contributed by atoms with E-state index in [9.17, 15) is 0 Å². The quantitative estimate of drug-likeness (QED) is 0.188. The molecular weight excluding hydrogens is 611 g/mol. The molecule has 0 N–H and O–H groups in total. The van der Waals surface area contributed by atoms with Crippen molar-refractivity contribution in [3.8, 4) is 45.0 Å². The average Bonchev–Trinajstić information content (AvgIpc) is 3.73. The molecule has 0 bridgehead atoms. The third-order valence-corrected chi connectivity index (χ3v) is 10.0. The van der Waals surface area contributed by atoms with Crippen molar-refractivity contribution in [2.24, 2.45) is 0 Å². The highest BCUT2D eigenvalue weighted by molar-refractivity contribution is 6.09. The fourth-order valence-electron chi connectivity index (χ4n) is 7.78. The van der Waals surface area contributed by atoms with Crippen molar-refractivity contribution in [1.29, 1.82) is 0 Å². The zero-order valence-corrected chi connectivity index (χ0v) is 27.0. The molecular formula is C46H29N3O. The van der Waals surface area contributed by atoms with Crippen LogP contribution in [0.15, 0.2) is 180 Å². The first-order valence-electron chi connectivity index (χ1n) is 16.9. The summed E-state index contributed by atoms with van der Waals surface area (Å²) in [4.78, 5) is 16.1. The Morgan fingerprint density at radius 2 is 0.960 bits per heavy atom. The molecule has 2 heterocycles. The molecule has 10 rings (SSSR count). The largest absolute Gasteiger partial charge is 0.455 e. The SMILES string of the molecule is c1ccc(-c2cccc(C3(c4nc(-c5ccccc5)nc(-c5cccc6c5oc5ccccc56)n4)c4ccccc4-c4ccccc43)c2)cc1. The van der Waals surface area contributed by atoms with E-state index in [1.165, 1.54) is 11.1 Å². The van der Waals surface area contributed by atoms with Gasteiger partial charge in [0.1, 0.15) is 16.6 Å². The van der Waals surface area contributed by atoms with E-state index in [0.29, 0.717) is 17.5 Å². The third-order valence-electron chi connectivity index (χ3n) is 10.0. The van der Waals surface area contributed by atoms with Crippen LogP contribution in [0, 0.1) is 0 Å². The van der Waals surface area contributed by atoms with Crippen LogP contribution in [0.4, 0.5) is 0 Å². The number of benzene rings is 7. The second-order valence-corrected chi connectivity index (χ2v) is 12.7. The van der Waals surface area contributed by atoms with Gasteiger partial charge < -0.3 is 4.42 Å². The highest BCUT2D eigenvalue weighted by Crippen LogP contribution is 2.55. The van der Waals surface area contributed by atoms with Gasteiger partial charge in [0.2, 0.25) is 0 Å². The molecule has 1 aliphatic rings. The minimum Gasteiger partial charge on any atom is -0.455 e. The molecule has 0 saturated heterocycles. The Hall–Kier alpha value is -6.65. The lowest BCUT2D eigenvalue weighted by molar-refractivity contribution is 0.668. The molecule has 0 saturated carbocycles. The molecule has 0 aliphatic heterocycles. The summed E-state index contributed by atoms with van der Waals surface area (Å²) in [7, 11) is 0. The van der Waals surface area contributed by atoms with Crippen molar-refractivity contribution >= 4 is 21.9 Å². The molecule has 50 heavy (non-hydrogen) atoms. The minimum atomic E-state index is -0.832. The molecule has 1 aliphatic carbocycles. The van der Waals surface area contributed by atoms with Crippen molar-refractivity contribution in [2.75, 3.05) is 0 Å². The highest BCUT2D eigenvalue weighted by Gasteiger charge is 2.49. The molecule has 0 spiro atoms. The molecule has 0 fully saturated rings. The lowest BCUT2D eigenvalue weighted by Gasteiger charge is -2.32. The summed E-state index contributed by atoms with van der Waals surface area (Å²) in [5, 5.41) is 2.10. The maximum Gasteiger partial charge on any atom is 0.167 e. The van der Waals surface area contributed by atoms with Gasteiger partial charge in [0.15, 0.2) is 17.5 Å². The Balaban J connectivity index is 1.33. The molecule has 0 atom stereocenters. The summed E-state index contributed by atoms with van der Waals surface area (Å²) in [5.41, 5.74) is 10.5. The Bertz CT molecular complexity index is 2670. The molecule has 4 heteroatoms. The lowest BCUT2D eigenvalue weighted by Crippen LogP contribution is -2.32. The smallest absolute Gasteiger partial charge is 0.167 e. The molecule has 4 nitrogen and oxygen atoms in total. The van der Waals surface area contributed by atoms with E-state index in [0.717, 1.165) is 60.9 Å². The first-order valence-corrected chi connectivity index (χ1v) is 16.9.